The lowest BCUT2D eigenvalue weighted by Crippen LogP contribution is -2.14. The highest BCUT2D eigenvalue weighted by Crippen LogP contribution is 2.24. The van der Waals surface area contributed by atoms with Crippen LogP contribution in [0.5, 0.6) is 0 Å². The fraction of sp³-hybridized carbons (Fsp3) is 0.375. The van der Waals surface area contributed by atoms with Crippen molar-refractivity contribution in [2.75, 3.05) is 7.11 Å². The lowest BCUT2D eigenvalue weighted by molar-refractivity contribution is 0.185. The second kappa shape index (κ2) is 5.59. The van der Waals surface area contributed by atoms with Gasteiger partial charge in [0, 0.05) is 18.7 Å². The molecule has 0 atom stereocenters. The molecule has 0 aliphatic heterocycles. The first-order valence-electron chi connectivity index (χ1n) is 6.75. The van der Waals surface area contributed by atoms with Crippen molar-refractivity contribution in [1.82, 2.24) is 5.32 Å². The minimum absolute atomic E-state index is 0.630. The number of benzene rings is 1. The zero-order chi connectivity index (χ0) is 13.1. The van der Waals surface area contributed by atoms with Crippen molar-refractivity contribution in [3.8, 4) is 11.3 Å². The molecule has 1 aromatic heterocycles. The Morgan fingerprint density at radius 3 is 2.95 bits per heavy atom. The van der Waals surface area contributed by atoms with Crippen LogP contribution in [-0.4, -0.2) is 13.2 Å². The molecule has 3 heteroatoms. The SMILES string of the molecule is COCc1cccc(-c2ccc(CNC3CC3)o2)c1. The first kappa shape index (κ1) is 12.5. The standard InChI is InChI=1S/C16H19NO2/c1-18-11-12-3-2-4-13(9-12)16-8-7-15(19-16)10-17-14-5-6-14/h2-4,7-9,14,17H,5-6,10-11H2,1H3. The predicted octanol–water partition coefficient (Wildman–Crippen LogP) is 3.35. The van der Waals surface area contributed by atoms with E-state index < -0.39 is 0 Å². The normalized spacial score (nSPS) is 14.8. The number of nitrogens with one attached hydrogen (secondary N) is 1. The highest BCUT2D eigenvalue weighted by Gasteiger charge is 2.20. The number of rotatable bonds is 6. The van der Waals surface area contributed by atoms with Crippen molar-refractivity contribution >= 4 is 0 Å². The summed E-state index contributed by atoms with van der Waals surface area (Å²) >= 11 is 0. The maximum atomic E-state index is 5.88. The summed E-state index contributed by atoms with van der Waals surface area (Å²) in [5.41, 5.74) is 2.27. The van der Waals surface area contributed by atoms with E-state index in [9.17, 15) is 0 Å². The van der Waals surface area contributed by atoms with Crippen molar-refractivity contribution in [1.29, 1.82) is 0 Å². The number of hydrogen-bond acceptors (Lipinski definition) is 3. The van der Waals surface area contributed by atoms with Gasteiger partial charge in [-0.1, -0.05) is 18.2 Å². The van der Waals surface area contributed by atoms with Crippen LogP contribution in [0, 0.1) is 0 Å². The monoisotopic (exact) mass is 257 g/mol. The van der Waals surface area contributed by atoms with Crippen LogP contribution >= 0.6 is 0 Å². The molecule has 3 rings (SSSR count). The molecule has 1 heterocycles. The lowest BCUT2D eigenvalue weighted by atomic mass is 10.1. The van der Waals surface area contributed by atoms with E-state index in [0.717, 1.165) is 29.2 Å². The fourth-order valence-corrected chi connectivity index (χ4v) is 2.14. The molecule has 3 nitrogen and oxygen atoms in total. The minimum atomic E-state index is 0.630. The molecule has 0 amide bonds. The first-order valence-corrected chi connectivity index (χ1v) is 6.75. The highest BCUT2D eigenvalue weighted by atomic mass is 16.5. The van der Waals surface area contributed by atoms with Gasteiger partial charge in [-0.15, -0.1) is 0 Å². The fourth-order valence-electron chi connectivity index (χ4n) is 2.14. The third-order valence-corrected chi connectivity index (χ3v) is 3.33. The molecule has 0 radical (unpaired) electrons. The molecule has 0 spiro atoms. The molecule has 1 N–H and O–H groups in total. The molecule has 1 saturated carbocycles. The van der Waals surface area contributed by atoms with Crippen LogP contribution in [0.2, 0.25) is 0 Å². The van der Waals surface area contributed by atoms with E-state index in [1.165, 1.54) is 12.8 Å². The lowest BCUT2D eigenvalue weighted by Gasteiger charge is -2.03. The summed E-state index contributed by atoms with van der Waals surface area (Å²) in [4.78, 5) is 0. The van der Waals surface area contributed by atoms with Crippen molar-refractivity contribution in [3.63, 3.8) is 0 Å². The Hall–Kier alpha value is -1.58. The Balaban J connectivity index is 1.71. The van der Waals surface area contributed by atoms with E-state index in [1.54, 1.807) is 7.11 Å². The Kier molecular flexibility index (Phi) is 3.67. The van der Waals surface area contributed by atoms with E-state index in [4.69, 9.17) is 9.15 Å². The Labute approximate surface area is 113 Å². The Morgan fingerprint density at radius 1 is 1.26 bits per heavy atom. The number of hydrogen-bond donors (Lipinski definition) is 1. The van der Waals surface area contributed by atoms with Crippen molar-refractivity contribution in [2.24, 2.45) is 0 Å². The summed E-state index contributed by atoms with van der Waals surface area (Å²) < 4.78 is 11.0. The van der Waals surface area contributed by atoms with Gasteiger partial charge in [-0.05, 0) is 36.6 Å². The average Bonchev–Trinajstić information content (AvgIpc) is 3.14. The number of furan rings is 1. The molecular weight excluding hydrogens is 238 g/mol. The molecule has 1 aliphatic carbocycles. The molecule has 0 saturated heterocycles. The van der Waals surface area contributed by atoms with Gasteiger partial charge in [0.25, 0.3) is 0 Å². The van der Waals surface area contributed by atoms with Gasteiger partial charge >= 0.3 is 0 Å². The topological polar surface area (TPSA) is 34.4 Å². The third-order valence-electron chi connectivity index (χ3n) is 3.33. The largest absolute Gasteiger partial charge is 0.460 e. The van der Waals surface area contributed by atoms with Gasteiger partial charge in [0.2, 0.25) is 0 Å². The average molecular weight is 257 g/mol. The summed E-state index contributed by atoms with van der Waals surface area (Å²) in [5.74, 6) is 1.92. The highest BCUT2D eigenvalue weighted by molar-refractivity contribution is 5.58. The summed E-state index contributed by atoms with van der Waals surface area (Å²) in [6, 6.07) is 13.1. The molecule has 1 fully saturated rings. The van der Waals surface area contributed by atoms with Gasteiger partial charge in [0.05, 0.1) is 13.2 Å². The van der Waals surface area contributed by atoms with Crippen molar-refractivity contribution in [2.45, 2.75) is 32.0 Å². The molecule has 19 heavy (non-hydrogen) atoms. The molecule has 100 valence electrons. The van der Waals surface area contributed by atoms with E-state index in [-0.39, 0.29) is 0 Å². The van der Waals surface area contributed by atoms with E-state index >= 15 is 0 Å². The van der Waals surface area contributed by atoms with Crippen LogP contribution in [0.3, 0.4) is 0 Å². The summed E-state index contributed by atoms with van der Waals surface area (Å²) in [7, 11) is 1.71. The van der Waals surface area contributed by atoms with Crippen molar-refractivity contribution < 1.29 is 9.15 Å². The second-order valence-electron chi connectivity index (χ2n) is 5.05. The molecular formula is C16H19NO2. The van der Waals surface area contributed by atoms with Gasteiger partial charge in [0.15, 0.2) is 0 Å². The second-order valence-corrected chi connectivity index (χ2v) is 5.05. The zero-order valence-corrected chi connectivity index (χ0v) is 11.2. The van der Waals surface area contributed by atoms with Crippen LogP contribution < -0.4 is 5.32 Å². The van der Waals surface area contributed by atoms with Gasteiger partial charge in [-0.25, -0.2) is 0 Å². The summed E-state index contributed by atoms with van der Waals surface area (Å²) in [6.45, 7) is 1.45. The quantitative estimate of drug-likeness (QED) is 0.861. The molecule has 1 aromatic carbocycles. The predicted molar refractivity (Wildman–Crippen MR) is 74.7 cm³/mol. The molecule has 0 bridgehead atoms. The van der Waals surface area contributed by atoms with Crippen LogP contribution in [0.25, 0.3) is 11.3 Å². The first-order chi connectivity index (χ1) is 9.35. The van der Waals surface area contributed by atoms with Crippen LogP contribution in [0.15, 0.2) is 40.8 Å². The number of methoxy groups -OCH3 is 1. The zero-order valence-electron chi connectivity index (χ0n) is 11.2. The maximum absolute atomic E-state index is 5.88. The smallest absolute Gasteiger partial charge is 0.134 e. The summed E-state index contributed by atoms with van der Waals surface area (Å²) in [5, 5.41) is 3.46. The minimum Gasteiger partial charge on any atom is -0.460 e. The van der Waals surface area contributed by atoms with Crippen LogP contribution in [0.4, 0.5) is 0 Å². The Morgan fingerprint density at radius 2 is 2.16 bits per heavy atom. The van der Waals surface area contributed by atoms with Gasteiger partial charge in [-0.2, -0.15) is 0 Å². The Bertz CT molecular complexity index is 543. The van der Waals surface area contributed by atoms with Gasteiger partial charge in [0.1, 0.15) is 11.5 Å². The summed E-state index contributed by atoms with van der Waals surface area (Å²) in [6.07, 6.45) is 2.60. The molecule has 2 aromatic rings. The van der Waals surface area contributed by atoms with E-state index in [0.29, 0.717) is 12.6 Å². The number of ether oxygens (including phenoxy) is 1. The maximum Gasteiger partial charge on any atom is 0.134 e. The van der Waals surface area contributed by atoms with Gasteiger partial charge < -0.3 is 14.5 Å². The van der Waals surface area contributed by atoms with Crippen molar-refractivity contribution in [3.05, 3.63) is 47.7 Å². The third kappa shape index (κ3) is 3.25. The van der Waals surface area contributed by atoms with Crippen LogP contribution in [0.1, 0.15) is 24.2 Å². The molecule has 0 unspecified atom stereocenters. The van der Waals surface area contributed by atoms with E-state index in [1.807, 2.05) is 18.2 Å². The van der Waals surface area contributed by atoms with Gasteiger partial charge in [-0.3, -0.25) is 0 Å². The van der Waals surface area contributed by atoms with Crippen LogP contribution in [-0.2, 0) is 17.9 Å². The van der Waals surface area contributed by atoms with E-state index in [2.05, 4.69) is 23.5 Å². The molecule has 1 aliphatic rings.